The van der Waals surface area contributed by atoms with Gasteiger partial charge in [0.1, 0.15) is 23.7 Å². The monoisotopic (exact) mass is 274 g/mol. The molecule has 0 saturated heterocycles. The van der Waals surface area contributed by atoms with Gasteiger partial charge in [0.05, 0.1) is 24.0 Å². The third-order valence-electron chi connectivity index (χ3n) is 2.58. The largest absolute Gasteiger partial charge is 0.469 e. The van der Waals surface area contributed by atoms with E-state index in [9.17, 15) is 4.39 Å². The highest BCUT2D eigenvalue weighted by Gasteiger charge is 2.10. The Balaban J connectivity index is 1.76. The Morgan fingerprint density at radius 1 is 1.30 bits per heavy atom. The molecule has 8 heteroatoms. The van der Waals surface area contributed by atoms with Crippen molar-refractivity contribution in [3.63, 3.8) is 0 Å². The molecule has 2 N–H and O–H groups in total. The Bertz CT molecular complexity index is 731. The molecule has 0 fully saturated rings. The van der Waals surface area contributed by atoms with Crippen molar-refractivity contribution in [2.45, 2.75) is 13.2 Å². The van der Waals surface area contributed by atoms with E-state index < -0.39 is 12.0 Å². The number of nitrogens with zero attached hydrogens (tertiary/aromatic N) is 4. The topological polar surface area (TPSA) is 88.6 Å². The minimum Gasteiger partial charge on any atom is -0.469 e. The molecule has 3 aromatic heterocycles. The summed E-state index contributed by atoms with van der Waals surface area (Å²) in [6.07, 6.45) is 5.17. The summed E-state index contributed by atoms with van der Waals surface area (Å²) < 4.78 is 18.5. The molecule has 0 amide bonds. The van der Waals surface area contributed by atoms with Crippen LogP contribution in [0.3, 0.4) is 0 Å². The fraction of sp³-hybridized carbons (Fsp3) is 0.167. The van der Waals surface area contributed by atoms with Gasteiger partial charge in [-0.2, -0.15) is 5.10 Å². The first kappa shape index (κ1) is 12.3. The first-order valence-corrected chi connectivity index (χ1v) is 5.90. The molecule has 3 aromatic rings. The van der Waals surface area contributed by atoms with Gasteiger partial charge in [-0.15, -0.1) is 0 Å². The van der Waals surface area contributed by atoms with Crippen molar-refractivity contribution in [2.75, 3.05) is 5.32 Å². The zero-order chi connectivity index (χ0) is 13.9. The highest BCUT2D eigenvalue weighted by atomic mass is 19.1. The van der Waals surface area contributed by atoms with E-state index in [-0.39, 0.29) is 0 Å². The first-order valence-electron chi connectivity index (χ1n) is 5.90. The number of pyridine rings is 1. The average Bonchev–Trinajstić information content (AvgIpc) is 2.88. The van der Waals surface area contributed by atoms with E-state index in [2.05, 4.69) is 30.5 Å². The van der Waals surface area contributed by atoms with Gasteiger partial charge in [0.25, 0.3) is 0 Å². The average molecular weight is 274 g/mol. The number of halogens is 1. The van der Waals surface area contributed by atoms with Gasteiger partial charge in [-0.3, -0.25) is 10.1 Å². The first-order chi connectivity index (χ1) is 9.72. The maximum absolute atomic E-state index is 13.0. The minimum absolute atomic E-state index is 0.336. The maximum Gasteiger partial charge on any atom is 0.168 e. The molecule has 3 rings (SSSR count). The summed E-state index contributed by atoms with van der Waals surface area (Å²) in [5.41, 5.74) is 0.627. The number of aromatic amines is 1. The van der Waals surface area contributed by atoms with Crippen LogP contribution in [0, 0.1) is 5.82 Å². The number of rotatable bonds is 4. The molecule has 1 atom stereocenters. The van der Waals surface area contributed by atoms with Crippen LogP contribution in [0.15, 0.2) is 31.0 Å². The predicted molar refractivity (Wildman–Crippen MR) is 69.6 cm³/mol. The van der Waals surface area contributed by atoms with Crippen molar-refractivity contribution in [2.24, 2.45) is 0 Å². The van der Waals surface area contributed by atoms with Crippen LogP contribution < -0.4 is 10.1 Å². The van der Waals surface area contributed by atoms with Gasteiger partial charge in [-0.05, 0) is 6.92 Å². The van der Waals surface area contributed by atoms with Crippen molar-refractivity contribution in [1.29, 1.82) is 0 Å². The lowest BCUT2D eigenvalue weighted by molar-refractivity contribution is 0.248. The van der Waals surface area contributed by atoms with Crippen LogP contribution in [-0.4, -0.2) is 31.4 Å². The Morgan fingerprint density at radius 2 is 2.20 bits per heavy atom. The molecule has 102 valence electrons. The van der Waals surface area contributed by atoms with Gasteiger partial charge in [-0.25, -0.2) is 14.4 Å². The molecule has 20 heavy (non-hydrogen) atoms. The summed E-state index contributed by atoms with van der Waals surface area (Å²) in [4.78, 5) is 11.9. The Morgan fingerprint density at radius 3 is 3.05 bits per heavy atom. The van der Waals surface area contributed by atoms with E-state index in [1.165, 1.54) is 18.6 Å². The normalized spacial score (nSPS) is 12.3. The van der Waals surface area contributed by atoms with Crippen LogP contribution in [-0.2, 0) is 0 Å². The quantitative estimate of drug-likeness (QED) is 0.704. The summed E-state index contributed by atoms with van der Waals surface area (Å²) in [6, 6.07) is 1.26. The molecular formula is C12H11FN6O. The van der Waals surface area contributed by atoms with Crippen LogP contribution >= 0.6 is 0 Å². The standard InChI is InChI=1S/C12H11FN6O/c1-7(20-9-2-8(13)3-14-4-9)18-11-10-5-17-19-12(10)16-6-15-11/h2-7H,1H3,(H2,15,16,17,18,19). The number of nitrogens with one attached hydrogen (secondary N) is 2. The molecule has 0 aliphatic carbocycles. The van der Waals surface area contributed by atoms with Crippen LogP contribution in [0.4, 0.5) is 10.2 Å². The molecule has 0 saturated carbocycles. The molecule has 0 aliphatic heterocycles. The lowest BCUT2D eigenvalue weighted by Gasteiger charge is -2.16. The Hall–Kier alpha value is -2.77. The van der Waals surface area contributed by atoms with Gasteiger partial charge in [-0.1, -0.05) is 0 Å². The fourth-order valence-electron chi connectivity index (χ4n) is 1.76. The highest BCUT2D eigenvalue weighted by molar-refractivity contribution is 5.85. The zero-order valence-corrected chi connectivity index (χ0v) is 10.5. The number of hydrogen-bond acceptors (Lipinski definition) is 6. The number of aromatic nitrogens is 5. The molecule has 0 bridgehead atoms. The molecule has 0 radical (unpaired) electrons. The zero-order valence-electron chi connectivity index (χ0n) is 10.5. The molecule has 0 aliphatic rings. The van der Waals surface area contributed by atoms with Gasteiger partial charge >= 0.3 is 0 Å². The molecule has 1 unspecified atom stereocenters. The van der Waals surface area contributed by atoms with Crippen molar-refractivity contribution < 1.29 is 9.13 Å². The van der Waals surface area contributed by atoms with E-state index in [1.807, 2.05) is 0 Å². The SMILES string of the molecule is CC(Nc1ncnc2[nH]ncc12)Oc1cncc(F)c1. The van der Waals surface area contributed by atoms with Gasteiger partial charge in [0.15, 0.2) is 11.9 Å². The lowest BCUT2D eigenvalue weighted by Crippen LogP contribution is -2.23. The van der Waals surface area contributed by atoms with Gasteiger partial charge < -0.3 is 10.1 Å². The third kappa shape index (κ3) is 2.48. The summed E-state index contributed by atoms with van der Waals surface area (Å²) in [6.45, 7) is 1.78. The smallest absolute Gasteiger partial charge is 0.168 e. The number of ether oxygens (including phenoxy) is 1. The van der Waals surface area contributed by atoms with Crippen molar-refractivity contribution in [3.05, 3.63) is 36.8 Å². The van der Waals surface area contributed by atoms with E-state index in [0.717, 1.165) is 11.6 Å². The number of fused-ring (bicyclic) bond motifs is 1. The summed E-state index contributed by atoms with van der Waals surface area (Å²) >= 11 is 0. The number of H-pyrrole nitrogens is 1. The summed E-state index contributed by atoms with van der Waals surface area (Å²) in [5.74, 6) is 0.470. The molecule has 0 aromatic carbocycles. The predicted octanol–water partition coefficient (Wildman–Crippen LogP) is 1.72. The Kier molecular flexibility index (Phi) is 3.12. The Labute approximate surface area is 113 Å². The maximum atomic E-state index is 13.0. The van der Waals surface area contributed by atoms with Crippen molar-refractivity contribution >= 4 is 16.9 Å². The highest BCUT2D eigenvalue weighted by Crippen LogP contribution is 2.18. The van der Waals surface area contributed by atoms with Crippen LogP contribution in [0.5, 0.6) is 5.75 Å². The summed E-state index contributed by atoms with van der Waals surface area (Å²) in [7, 11) is 0. The minimum atomic E-state index is -0.450. The lowest BCUT2D eigenvalue weighted by atomic mass is 10.4. The van der Waals surface area contributed by atoms with E-state index in [1.54, 1.807) is 13.1 Å². The summed E-state index contributed by atoms with van der Waals surface area (Å²) in [5, 5.41) is 10.5. The molecule has 0 spiro atoms. The van der Waals surface area contributed by atoms with Crippen LogP contribution in [0.1, 0.15) is 6.92 Å². The number of anilines is 1. The van der Waals surface area contributed by atoms with E-state index >= 15 is 0 Å². The van der Waals surface area contributed by atoms with E-state index in [0.29, 0.717) is 17.2 Å². The van der Waals surface area contributed by atoms with Crippen LogP contribution in [0.2, 0.25) is 0 Å². The van der Waals surface area contributed by atoms with E-state index in [4.69, 9.17) is 4.74 Å². The molecule has 7 nitrogen and oxygen atoms in total. The molecule has 3 heterocycles. The van der Waals surface area contributed by atoms with Crippen molar-refractivity contribution in [1.82, 2.24) is 25.1 Å². The van der Waals surface area contributed by atoms with Crippen molar-refractivity contribution in [3.8, 4) is 5.75 Å². The van der Waals surface area contributed by atoms with Crippen LogP contribution in [0.25, 0.3) is 11.0 Å². The van der Waals surface area contributed by atoms with Gasteiger partial charge in [0.2, 0.25) is 0 Å². The molecular weight excluding hydrogens is 263 g/mol. The number of hydrogen-bond donors (Lipinski definition) is 2. The van der Waals surface area contributed by atoms with Gasteiger partial charge in [0, 0.05) is 6.07 Å². The third-order valence-corrected chi connectivity index (χ3v) is 2.58. The second-order valence-electron chi connectivity index (χ2n) is 4.10. The fourth-order valence-corrected chi connectivity index (χ4v) is 1.76. The second-order valence-corrected chi connectivity index (χ2v) is 4.10. The second kappa shape index (κ2) is 5.08.